The van der Waals surface area contributed by atoms with E-state index in [2.05, 4.69) is 5.32 Å². The van der Waals surface area contributed by atoms with Gasteiger partial charge in [0, 0.05) is 12.7 Å². The lowest BCUT2D eigenvalue weighted by atomic mass is 10.1. The Morgan fingerprint density at radius 2 is 2.37 bits per heavy atom. The molecule has 1 aromatic rings. The predicted molar refractivity (Wildman–Crippen MR) is 72.7 cm³/mol. The van der Waals surface area contributed by atoms with E-state index in [1.54, 1.807) is 12.1 Å². The topological polar surface area (TPSA) is 73.6 Å². The van der Waals surface area contributed by atoms with Gasteiger partial charge in [-0.25, -0.2) is 0 Å². The summed E-state index contributed by atoms with van der Waals surface area (Å²) in [6.45, 7) is 0.467. The lowest BCUT2D eigenvalue weighted by Crippen LogP contribution is -2.45. The lowest BCUT2D eigenvalue weighted by Gasteiger charge is -2.15. The molecule has 1 aliphatic heterocycles. The van der Waals surface area contributed by atoms with Crippen LogP contribution >= 0.6 is 23.2 Å². The smallest absolute Gasteiger partial charge is 0.239 e. The van der Waals surface area contributed by atoms with Gasteiger partial charge in [-0.1, -0.05) is 29.3 Å². The Morgan fingerprint density at radius 3 is 3.05 bits per heavy atom. The molecule has 0 aliphatic carbocycles. The number of nitrogens with two attached hydrogens (primary N) is 1. The number of carbonyl (C=O) groups excluding carboxylic acids is 1. The summed E-state index contributed by atoms with van der Waals surface area (Å²) in [5.74, 6) is 0.217. The minimum atomic E-state index is -0.711. The van der Waals surface area contributed by atoms with Crippen LogP contribution in [-0.2, 0) is 9.53 Å². The van der Waals surface area contributed by atoms with Crippen LogP contribution in [0.15, 0.2) is 12.1 Å². The number of carbonyl (C=O) groups is 1. The summed E-state index contributed by atoms with van der Waals surface area (Å²) >= 11 is 11.9. The molecule has 3 N–H and O–H groups in total. The summed E-state index contributed by atoms with van der Waals surface area (Å²) in [4.78, 5) is 11.8. The summed E-state index contributed by atoms with van der Waals surface area (Å²) in [7, 11) is 1.49. The normalized spacial score (nSPS) is 18.6. The van der Waals surface area contributed by atoms with E-state index in [1.165, 1.54) is 7.11 Å². The third-order valence-electron chi connectivity index (χ3n) is 2.85. The molecule has 0 fully saturated rings. The van der Waals surface area contributed by atoms with Crippen molar-refractivity contribution in [3.05, 3.63) is 27.7 Å². The van der Waals surface area contributed by atoms with Gasteiger partial charge in [-0.3, -0.25) is 4.79 Å². The highest BCUT2D eigenvalue weighted by Gasteiger charge is 2.29. The Kier molecular flexibility index (Phi) is 4.52. The van der Waals surface area contributed by atoms with Gasteiger partial charge < -0.3 is 20.5 Å². The first-order chi connectivity index (χ1) is 9.04. The monoisotopic (exact) mass is 304 g/mol. The second-order valence-corrected chi connectivity index (χ2v) is 5.00. The number of halogens is 2. The second kappa shape index (κ2) is 5.96. The largest absolute Gasteiger partial charge is 0.489 e. The van der Waals surface area contributed by atoms with E-state index in [0.717, 1.165) is 5.56 Å². The summed E-state index contributed by atoms with van der Waals surface area (Å²) in [6.07, 6.45) is 0. The fraction of sp³-hybridized carbons (Fsp3) is 0.417. The van der Waals surface area contributed by atoms with Crippen LogP contribution in [0.2, 0.25) is 10.0 Å². The zero-order valence-electron chi connectivity index (χ0n) is 10.3. The summed E-state index contributed by atoms with van der Waals surface area (Å²) in [5, 5.41) is 3.57. The standard InChI is InChI=1S/C12H14Cl2N2O3/c1-18-4-8(15)12(17)16-9-5-19-11-6(9)2-3-7(13)10(11)14/h2-3,8-9H,4-5,15H2,1H3,(H,16,17). The molecule has 0 radical (unpaired) electrons. The van der Waals surface area contributed by atoms with Crippen LogP contribution in [-0.4, -0.2) is 32.3 Å². The molecule has 2 unspecified atom stereocenters. The van der Waals surface area contributed by atoms with Crippen molar-refractivity contribution in [3.63, 3.8) is 0 Å². The molecule has 0 aromatic heterocycles. The van der Waals surface area contributed by atoms with Crippen LogP contribution in [0.25, 0.3) is 0 Å². The molecule has 1 aliphatic rings. The van der Waals surface area contributed by atoms with E-state index < -0.39 is 6.04 Å². The summed E-state index contributed by atoms with van der Waals surface area (Å²) in [6, 6.07) is 2.46. The molecular weight excluding hydrogens is 291 g/mol. The quantitative estimate of drug-likeness (QED) is 0.884. The SMILES string of the molecule is COCC(N)C(=O)NC1COc2c1ccc(Cl)c2Cl. The summed E-state index contributed by atoms with van der Waals surface area (Å²) < 4.78 is 10.3. The highest BCUT2D eigenvalue weighted by Crippen LogP contribution is 2.41. The Hall–Kier alpha value is -1.01. The van der Waals surface area contributed by atoms with E-state index >= 15 is 0 Å². The Bertz CT molecular complexity index is 496. The molecule has 2 rings (SSSR count). The molecule has 1 amide bonds. The van der Waals surface area contributed by atoms with Crippen molar-refractivity contribution in [2.45, 2.75) is 12.1 Å². The molecule has 7 heteroatoms. The molecule has 0 saturated carbocycles. The zero-order chi connectivity index (χ0) is 14.0. The molecule has 19 heavy (non-hydrogen) atoms. The Morgan fingerprint density at radius 1 is 1.63 bits per heavy atom. The van der Waals surface area contributed by atoms with Gasteiger partial charge in [0.1, 0.15) is 23.4 Å². The van der Waals surface area contributed by atoms with E-state index in [0.29, 0.717) is 22.4 Å². The van der Waals surface area contributed by atoms with Gasteiger partial charge in [0.25, 0.3) is 0 Å². The number of hydrogen-bond acceptors (Lipinski definition) is 4. The molecule has 0 saturated heterocycles. The molecule has 0 bridgehead atoms. The number of nitrogens with one attached hydrogen (secondary N) is 1. The van der Waals surface area contributed by atoms with Crippen molar-refractivity contribution in [1.82, 2.24) is 5.32 Å². The lowest BCUT2D eigenvalue weighted by molar-refractivity contribution is -0.124. The number of methoxy groups -OCH3 is 1. The molecule has 0 spiro atoms. The minimum absolute atomic E-state index is 0.160. The first-order valence-electron chi connectivity index (χ1n) is 5.70. The van der Waals surface area contributed by atoms with Crippen LogP contribution < -0.4 is 15.8 Å². The number of hydrogen-bond donors (Lipinski definition) is 2. The van der Waals surface area contributed by atoms with Gasteiger partial charge in [0.2, 0.25) is 5.91 Å². The van der Waals surface area contributed by atoms with Crippen molar-refractivity contribution >= 4 is 29.1 Å². The molecule has 1 aromatic carbocycles. The maximum Gasteiger partial charge on any atom is 0.239 e. The van der Waals surface area contributed by atoms with E-state index in [1.807, 2.05) is 0 Å². The van der Waals surface area contributed by atoms with Gasteiger partial charge >= 0.3 is 0 Å². The van der Waals surface area contributed by atoms with Crippen LogP contribution in [0.3, 0.4) is 0 Å². The first-order valence-corrected chi connectivity index (χ1v) is 6.45. The van der Waals surface area contributed by atoms with Crippen LogP contribution in [0, 0.1) is 0 Å². The molecule has 2 atom stereocenters. The summed E-state index contributed by atoms with van der Waals surface area (Å²) in [5.41, 5.74) is 6.45. The minimum Gasteiger partial charge on any atom is -0.489 e. The number of fused-ring (bicyclic) bond motifs is 1. The Balaban J connectivity index is 2.11. The number of amides is 1. The van der Waals surface area contributed by atoms with Crippen LogP contribution in [0.5, 0.6) is 5.75 Å². The van der Waals surface area contributed by atoms with Crippen molar-refractivity contribution < 1.29 is 14.3 Å². The number of benzene rings is 1. The highest BCUT2D eigenvalue weighted by atomic mass is 35.5. The van der Waals surface area contributed by atoms with Crippen LogP contribution in [0.1, 0.15) is 11.6 Å². The van der Waals surface area contributed by atoms with E-state index in [4.69, 9.17) is 38.4 Å². The highest BCUT2D eigenvalue weighted by molar-refractivity contribution is 6.43. The molecule has 5 nitrogen and oxygen atoms in total. The van der Waals surface area contributed by atoms with Gasteiger partial charge in [-0.15, -0.1) is 0 Å². The Labute approximate surface area is 121 Å². The van der Waals surface area contributed by atoms with E-state index in [9.17, 15) is 4.79 Å². The van der Waals surface area contributed by atoms with Crippen molar-refractivity contribution in [3.8, 4) is 5.75 Å². The van der Waals surface area contributed by atoms with Crippen LogP contribution in [0.4, 0.5) is 0 Å². The number of rotatable bonds is 4. The molecular formula is C12H14Cl2N2O3. The van der Waals surface area contributed by atoms with Gasteiger partial charge in [0.15, 0.2) is 0 Å². The zero-order valence-corrected chi connectivity index (χ0v) is 11.8. The third-order valence-corrected chi connectivity index (χ3v) is 3.64. The fourth-order valence-electron chi connectivity index (χ4n) is 1.88. The fourth-order valence-corrected chi connectivity index (χ4v) is 2.25. The molecule has 1 heterocycles. The second-order valence-electron chi connectivity index (χ2n) is 4.21. The maximum absolute atomic E-state index is 11.8. The van der Waals surface area contributed by atoms with Gasteiger partial charge in [-0.05, 0) is 6.07 Å². The average molecular weight is 305 g/mol. The maximum atomic E-state index is 11.8. The van der Waals surface area contributed by atoms with Gasteiger partial charge in [-0.2, -0.15) is 0 Å². The average Bonchev–Trinajstić information content (AvgIpc) is 2.78. The van der Waals surface area contributed by atoms with Crippen molar-refractivity contribution in [2.24, 2.45) is 5.73 Å². The van der Waals surface area contributed by atoms with Gasteiger partial charge in [0.05, 0.1) is 17.7 Å². The van der Waals surface area contributed by atoms with Crippen molar-refractivity contribution in [1.29, 1.82) is 0 Å². The van der Waals surface area contributed by atoms with E-state index in [-0.39, 0.29) is 18.6 Å². The predicted octanol–water partition coefficient (Wildman–Crippen LogP) is 1.52. The third kappa shape index (κ3) is 2.95. The number of ether oxygens (including phenoxy) is 2. The van der Waals surface area contributed by atoms with Crippen molar-refractivity contribution in [2.75, 3.05) is 20.3 Å². The first kappa shape index (κ1) is 14.4. The molecule has 104 valence electrons.